The normalized spacial score (nSPS) is 10.3. The zero-order valence-electron chi connectivity index (χ0n) is 10.6. The molecule has 0 aliphatic heterocycles. The third-order valence-corrected chi connectivity index (χ3v) is 2.77. The molecule has 0 radical (unpaired) electrons. The zero-order chi connectivity index (χ0) is 13.5. The summed E-state index contributed by atoms with van der Waals surface area (Å²) in [5, 5.41) is 18.0. The van der Waals surface area contributed by atoms with Crippen molar-refractivity contribution in [1.29, 1.82) is 0 Å². The van der Waals surface area contributed by atoms with Crippen molar-refractivity contribution >= 4 is 11.6 Å². The van der Waals surface area contributed by atoms with Gasteiger partial charge in [-0.3, -0.25) is 4.79 Å². The SMILES string of the molecule is CN(CCCCCO)C(=O)c1cc(O)ccc1N. The number of phenols is 1. The Morgan fingerprint density at radius 2 is 2.06 bits per heavy atom. The molecular formula is C13H20N2O3. The number of aromatic hydroxyl groups is 1. The first-order chi connectivity index (χ1) is 8.56. The molecule has 1 rings (SSSR count). The van der Waals surface area contributed by atoms with Crippen LogP contribution >= 0.6 is 0 Å². The van der Waals surface area contributed by atoms with Gasteiger partial charge in [-0.2, -0.15) is 0 Å². The first-order valence-corrected chi connectivity index (χ1v) is 6.01. The second kappa shape index (κ2) is 6.86. The Hall–Kier alpha value is -1.75. The molecule has 5 heteroatoms. The Balaban J connectivity index is 2.60. The van der Waals surface area contributed by atoms with E-state index in [2.05, 4.69) is 0 Å². The van der Waals surface area contributed by atoms with E-state index in [9.17, 15) is 9.90 Å². The number of anilines is 1. The van der Waals surface area contributed by atoms with E-state index in [1.807, 2.05) is 0 Å². The molecule has 1 aromatic carbocycles. The Bertz CT molecular complexity index is 407. The summed E-state index contributed by atoms with van der Waals surface area (Å²) in [7, 11) is 1.70. The van der Waals surface area contributed by atoms with Gasteiger partial charge in [0.2, 0.25) is 0 Å². The lowest BCUT2D eigenvalue weighted by atomic mass is 10.1. The molecule has 0 aromatic heterocycles. The van der Waals surface area contributed by atoms with Crippen molar-refractivity contribution in [3.05, 3.63) is 23.8 Å². The Morgan fingerprint density at radius 1 is 1.33 bits per heavy atom. The minimum atomic E-state index is -0.201. The van der Waals surface area contributed by atoms with Crippen molar-refractivity contribution in [2.24, 2.45) is 0 Å². The summed E-state index contributed by atoms with van der Waals surface area (Å²) in [6.45, 7) is 0.783. The van der Waals surface area contributed by atoms with Crippen LogP contribution in [-0.2, 0) is 0 Å². The largest absolute Gasteiger partial charge is 0.508 e. The summed E-state index contributed by atoms with van der Waals surface area (Å²) < 4.78 is 0. The number of amides is 1. The summed E-state index contributed by atoms with van der Waals surface area (Å²) >= 11 is 0. The van der Waals surface area contributed by atoms with E-state index < -0.39 is 0 Å². The van der Waals surface area contributed by atoms with E-state index in [0.717, 1.165) is 19.3 Å². The number of nitrogens with two attached hydrogens (primary N) is 1. The number of aliphatic hydroxyl groups is 1. The van der Waals surface area contributed by atoms with Crippen LogP contribution in [0.25, 0.3) is 0 Å². The number of benzene rings is 1. The van der Waals surface area contributed by atoms with Crippen LogP contribution in [0.15, 0.2) is 18.2 Å². The molecule has 0 saturated heterocycles. The molecule has 18 heavy (non-hydrogen) atoms. The molecule has 0 atom stereocenters. The molecule has 0 unspecified atom stereocenters. The highest BCUT2D eigenvalue weighted by molar-refractivity contribution is 5.99. The van der Waals surface area contributed by atoms with E-state index in [1.54, 1.807) is 11.9 Å². The van der Waals surface area contributed by atoms with Gasteiger partial charge in [0.15, 0.2) is 0 Å². The Morgan fingerprint density at radius 3 is 2.72 bits per heavy atom. The number of hydrogen-bond donors (Lipinski definition) is 3. The average molecular weight is 252 g/mol. The maximum Gasteiger partial charge on any atom is 0.255 e. The second-order valence-electron chi connectivity index (χ2n) is 4.28. The van der Waals surface area contributed by atoms with Crippen LogP contribution in [0.2, 0.25) is 0 Å². The van der Waals surface area contributed by atoms with E-state index in [1.165, 1.54) is 18.2 Å². The number of nitrogens with zero attached hydrogens (tertiary/aromatic N) is 1. The highest BCUT2D eigenvalue weighted by Crippen LogP contribution is 2.19. The summed E-state index contributed by atoms with van der Waals surface area (Å²) in [6.07, 6.45) is 2.46. The predicted molar refractivity (Wildman–Crippen MR) is 70.4 cm³/mol. The van der Waals surface area contributed by atoms with Crippen molar-refractivity contribution in [1.82, 2.24) is 4.90 Å². The number of unbranched alkanes of at least 4 members (excludes halogenated alkanes) is 2. The summed E-state index contributed by atoms with van der Waals surface area (Å²) in [5.74, 6) is -0.173. The maximum absolute atomic E-state index is 12.1. The van der Waals surface area contributed by atoms with E-state index >= 15 is 0 Å². The fraction of sp³-hybridized carbons (Fsp3) is 0.462. The molecule has 4 N–H and O–H groups in total. The third-order valence-electron chi connectivity index (χ3n) is 2.77. The minimum Gasteiger partial charge on any atom is -0.508 e. The number of carbonyl (C=O) groups excluding carboxylic acids is 1. The summed E-state index contributed by atoms with van der Waals surface area (Å²) in [4.78, 5) is 13.6. The molecule has 0 spiro atoms. The van der Waals surface area contributed by atoms with Gasteiger partial charge in [-0.25, -0.2) is 0 Å². The molecule has 1 amide bonds. The fourth-order valence-electron chi connectivity index (χ4n) is 1.67. The fourth-order valence-corrected chi connectivity index (χ4v) is 1.67. The average Bonchev–Trinajstić information content (AvgIpc) is 2.36. The molecular weight excluding hydrogens is 232 g/mol. The number of phenolic OH excluding ortho intramolecular Hbond substituents is 1. The van der Waals surface area contributed by atoms with Gasteiger partial charge >= 0.3 is 0 Å². The van der Waals surface area contributed by atoms with E-state index in [4.69, 9.17) is 10.8 Å². The summed E-state index contributed by atoms with van der Waals surface area (Å²) in [6, 6.07) is 4.34. The number of hydrogen-bond acceptors (Lipinski definition) is 4. The van der Waals surface area contributed by atoms with Crippen LogP contribution < -0.4 is 5.73 Å². The lowest BCUT2D eigenvalue weighted by molar-refractivity contribution is 0.0793. The van der Waals surface area contributed by atoms with Crippen LogP contribution in [0.1, 0.15) is 29.6 Å². The minimum absolute atomic E-state index is 0.0289. The van der Waals surface area contributed by atoms with Crippen LogP contribution in [0.4, 0.5) is 5.69 Å². The van der Waals surface area contributed by atoms with Crippen molar-refractivity contribution in [3.63, 3.8) is 0 Å². The highest BCUT2D eigenvalue weighted by atomic mass is 16.3. The Kier molecular flexibility index (Phi) is 5.45. The first-order valence-electron chi connectivity index (χ1n) is 6.01. The molecule has 0 fully saturated rings. The van der Waals surface area contributed by atoms with Gasteiger partial charge in [0.05, 0.1) is 5.56 Å². The van der Waals surface area contributed by atoms with Crippen LogP contribution in [0.3, 0.4) is 0 Å². The number of aliphatic hydroxyl groups excluding tert-OH is 1. The van der Waals surface area contributed by atoms with Gasteiger partial charge in [-0.1, -0.05) is 0 Å². The lowest BCUT2D eigenvalue weighted by Crippen LogP contribution is -2.28. The molecule has 0 heterocycles. The number of carbonyl (C=O) groups is 1. The van der Waals surface area contributed by atoms with Crippen molar-refractivity contribution in [2.75, 3.05) is 25.9 Å². The second-order valence-corrected chi connectivity index (χ2v) is 4.28. The molecule has 0 saturated carbocycles. The smallest absolute Gasteiger partial charge is 0.255 e. The number of rotatable bonds is 6. The molecule has 5 nitrogen and oxygen atoms in total. The first kappa shape index (κ1) is 14.3. The monoisotopic (exact) mass is 252 g/mol. The lowest BCUT2D eigenvalue weighted by Gasteiger charge is -2.18. The van der Waals surface area contributed by atoms with Gasteiger partial charge in [-0.15, -0.1) is 0 Å². The Labute approximate surface area is 107 Å². The van der Waals surface area contributed by atoms with Crippen molar-refractivity contribution in [2.45, 2.75) is 19.3 Å². The quantitative estimate of drug-likeness (QED) is 0.403. The van der Waals surface area contributed by atoms with E-state index in [-0.39, 0.29) is 18.3 Å². The summed E-state index contributed by atoms with van der Waals surface area (Å²) in [5.41, 5.74) is 6.39. The van der Waals surface area contributed by atoms with Gasteiger partial charge in [-0.05, 0) is 37.5 Å². The van der Waals surface area contributed by atoms with Crippen molar-refractivity contribution < 1.29 is 15.0 Å². The molecule has 0 bridgehead atoms. The molecule has 0 aliphatic carbocycles. The number of nitrogen functional groups attached to an aromatic ring is 1. The predicted octanol–water partition coefficient (Wildman–Crippen LogP) is 1.21. The van der Waals surface area contributed by atoms with Gasteiger partial charge in [0.1, 0.15) is 5.75 Å². The topological polar surface area (TPSA) is 86.8 Å². The third kappa shape index (κ3) is 3.92. The van der Waals surface area contributed by atoms with Crippen molar-refractivity contribution in [3.8, 4) is 5.75 Å². The molecule has 1 aromatic rings. The molecule has 100 valence electrons. The van der Waals surface area contributed by atoms with Gasteiger partial charge < -0.3 is 20.8 Å². The van der Waals surface area contributed by atoms with Crippen LogP contribution in [-0.4, -0.2) is 41.2 Å². The zero-order valence-corrected chi connectivity index (χ0v) is 10.6. The van der Waals surface area contributed by atoms with E-state index in [0.29, 0.717) is 17.8 Å². The van der Waals surface area contributed by atoms with Crippen LogP contribution in [0, 0.1) is 0 Å². The van der Waals surface area contributed by atoms with Crippen LogP contribution in [0.5, 0.6) is 5.75 Å². The maximum atomic E-state index is 12.1. The highest BCUT2D eigenvalue weighted by Gasteiger charge is 2.14. The standard InChI is InChI=1S/C13H20N2O3/c1-15(7-3-2-4-8-16)13(18)11-9-10(17)5-6-12(11)14/h5-6,9,16-17H,2-4,7-8,14H2,1H3. The molecule has 0 aliphatic rings. The van der Waals surface area contributed by atoms with Gasteiger partial charge in [0, 0.05) is 25.9 Å². The van der Waals surface area contributed by atoms with Gasteiger partial charge in [0.25, 0.3) is 5.91 Å².